The molecule has 4 rings (SSSR count). The molecule has 0 N–H and O–H groups in total. The number of carbonyl (C=O) groups is 1. The summed E-state index contributed by atoms with van der Waals surface area (Å²) >= 11 is 0.824. The summed E-state index contributed by atoms with van der Waals surface area (Å²) in [5.74, 6) is -1.31. The van der Waals surface area contributed by atoms with Gasteiger partial charge in [0.1, 0.15) is 11.6 Å². The number of thiazole rings is 1. The Hall–Kier alpha value is -3.09. The van der Waals surface area contributed by atoms with E-state index in [1.54, 1.807) is 0 Å². The second kappa shape index (κ2) is 9.81. The van der Waals surface area contributed by atoms with Gasteiger partial charge in [-0.05, 0) is 12.1 Å². The zero-order valence-electron chi connectivity index (χ0n) is 17.2. The van der Waals surface area contributed by atoms with Crippen LogP contribution in [0.4, 0.5) is 13.2 Å². The summed E-state index contributed by atoms with van der Waals surface area (Å²) in [6.45, 7) is 3.69. The molecule has 4 heterocycles. The van der Waals surface area contributed by atoms with Crippen LogP contribution in [0.2, 0.25) is 0 Å². The minimum absolute atomic E-state index is 0.109. The summed E-state index contributed by atoms with van der Waals surface area (Å²) in [6, 6.07) is 2.82. The first-order chi connectivity index (χ1) is 15.8. The maximum absolute atomic E-state index is 13.1. The van der Waals surface area contributed by atoms with Crippen molar-refractivity contribution in [2.75, 3.05) is 39.5 Å². The molecule has 0 amide bonds. The molecule has 0 saturated carbocycles. The summed E-state index contributed by atoms with van der Waals surface area (Å²) in [5.41, 5.74) is -0.242. The number of hydrogen-bond acceptors (Lipinski definition) is 9. The molecular weight excluding hydrogens is 461 g/mol. The first-order valence-corrected chi connectivity index (χ1v) is 10.8. The quantitative estimate of drug-likeness (QED) is 0.509. The van der Waals surface area contributed by atoms with E-state index in [4.69, 9.17) is 9.47 Å². The average Bonchev–Trinajstić information content (AvgIpc) is 3.31. The number of carboxylic acids is 1. The van der Waals surface area contributed by atoms with Crippen molar-refractivity contribution in [3.05, 3.63) is 47.4 Å². The van der Waals surface area contributed by atoms with Gasteiger partial charge in [-0.2, -0.15) is 13.2 Å². The number of nitrogens with zero attached hydrogens (tertiary/aromatic N) is 4. The highest BCUT2D eigenvalue weighted by molar-refractivity contribution is 7.13. The monoisotopic (exact) mass is 479 g/mol. The number of aromatic nitrogens is 3. The minimum atomic E-state index is -4.58. The predicted molar refractivity (Wildman–Crippen MR) is 111 cm³/mol. The fourth-order valence-electron chi connectivity index (χ4n) is 3.29. The lowest BCUT2D eigenvalue weighted by Gasteiger charge is -2.26. The van der Waals surface area contributed by atoms with Gasteiger partial charge in [0, 0.05) is 65.9 Å². The van der Waals surface area contributed by atoms with Gasteiger partial charge < -0.3 is 19.4 Å². The number of halogens is 3. The molecule has 0 spiro atoms. The van der Waals surface area contributed by atoms with Gasteiger partial charge in [0.05, 0.1) is 19.2 Å². The van der Waals surface area contributed by atoms with Crippen LogP contribution in [0.25, 0.3) is 21.7 Å². The Bertz CT molecular complexity index is 1130. The third-order valence-corrected chi connectivity index (χ3v) is 5.85. The second-order valence-electron chi connectivity index (χ2n) is 7.12. The number of aromatic carboxylic acids is 1. The molecule has 0 radical (unpaired) electrons. The van der Waals surface area contributed by atoms with Gasteiger partial charge >= 0.3 is 6.18 Å². The van der Waals surface area contributed by atoms with E-state index in [0.29, 0.717) is 30.9 Å². The van der Waals surface area contributed by atoms with E-state index in [2.05, 4.69) is 19.9 Å². The Kier molecular flexibility index (Phi) is 6.86. The molecule has 1 aliphatic heterocycles. The van der Waals surface area contributed by atoms with Crippen LogP contribution in [0.5, 0.6) is 5.88 Å². The lowest BCUT2D eigenvalue weighted by molar-refractivity contribution is -0.255. The molecule has 3 aromatic rings. The predicted octanol–water partition coefficient (Wildman–Crippen LogP) is 2.36. The lowest BCUT2D eigenvalue weighted by atomic mass is 10.0. The van der Waals surface area contributed by atoms with E-state index in [1.165, 1.54) is 24.5 Å². The maximum atomic E-state index is 13.1. The Morgan fingerprint density at radius 1 is 1.21 bits per heavy atom. The third kappa shape index (κ3) is 5.46. The van der Waals surface area contributed by atoms with Crippen molar-refractivity contribution in [1.82, 2.24) is 19.9 Å². The van der Waals surface area contributed by atoms with Crippen LogP contribution >= 0.6 is 11.3 Å². The number of carboxylic acid groups (broad SMARTS) is 1. The van der Waals surface area contributed by atoms with Gasteiger partial charge in [-0.1, -0.05) is 0 Å². The molecule has 0 aromatic carbocycles. The fourth-order valence-corrected chi connectivity index (χ4v) is 4.16. The van der Waals surface area contributed by atoms with Crippen molar-refractivity contribution in [2.24, 2.45) is 0 Å². The fraction of sp³-hybridized carbons (Fsp3) is 0.333. The maximum Gasteiger partial charge on any atom is 0.434 e. The molecule has 0 atom stereocenters. The van der Waals surface area contributed by atoms with Crippen molar-refractivity contribution < 1.29 is 32.5 Å². The smallest absolute Gasteiger partial charge is 0.434 e. The third-order valence-electron chi connectivity index (χ3n) is 4.97. The van der Waals surface area contributed by atoms with Crippen molar-refractivity contribution >= 4 is 17.3 Å². The van der Waals surface area contributed by atoms with Gasteiger partial charge in [-0.15, -0.1) is 11.3 Å². The molecule has 3 aromatic heterocycles. The number of morpholine rings is 1. The normalized spacial score (nSPS) is 14.9. The van der Waals surface area contributed by atoms with Gasteiger partial charge in [-0.3, -0.25) is 9.88 Å². The van der Waals surface area contributed by atoms with Crippen LogP contribution in [-0.4, -0.2) is 65.3 Å². The topological polar surface area (TPSA) is 100 Å². The van der Waals surface area contributed by atoms with E-state index in [0.717, 1.165) is 36.0 Å². The van der Waals surface area contributed by atoms with Crippen molar-refractivity contribution in [2.45, 2.75) is 6.18 Å². The highest BCUT2D eigenvalue weighted by Crippen LogP contribution is 2.39. The standard InChI is InChI=1S/C21H19F3N4O4S/c22-21(23,24)17-12-33-19(27-17)14-1-2-25-11-16(14)15-9-13(20(29)30)10-26-18(15)32-8-5-28-3-6-31-7-4-28/h1-2,9-12H,3-8H2,(H,29,30)/p-1. The molecule has 0 unspecified atom stereocenters. The van der Waals surface area contributed by atoms with Gasteiger partial charge in [0.2, 0.25) is 5.88 Å². The lowest BCUT2D eigenvalue weighted by Crippen LogP contribution is -2.38. The number of ether oxygens (including phenoxy) is 2. The molecule has 12 heteroatoms. The largest absolute Gasteiger partial charge is 0.545 e. The van der Waals surface area contributed by atoms with Crippen molar-refractivity contribution in [1.29, 1.82) is 0 Å². The zero-order valence-corrected chi connectivity index (χ0v) is 18.0. The van der Waals surface area contributed by atoms with E-state index >= 15 is 0 Å². The molecule has 0 aliphatic carbocycles. The number of carbonyl (C=O) groups excluding carboxylic acids is 1. The molecular formula is C21H18F3N4O4S-. The number of pyridine rings is 2. The molecule has 8 nitrogen and oxygen atoms in total. The molecule has 1 saturated heterocycles. The highest BCUT2D eigenvalue weighted by atomic mass is 32.1. The molecule has 1 aliphatic rings. The Morgan fingerprint density at radius 3 is 2.70 bits per heavy atom. The van der Waals surface area contributed by atoms with Gasteiger partial charge in [0.25, 0.3) is 0 Å². The van der Waals surface area contributed by atoms with E-state index in [-0.39, 0.29) is 28.6 Å². The first-order valence-electron chi connectivity index (χ1n) is 9.94. The van der Waals surface area contributed by atoms with E-state index in [1.807, 2.05) is 0 Å². The summed E-state index contributed by atoms with van der Waals surface area (Å²) in [5, 5.41) is 12.5. The van der Waals surface area contributed by atoms with Crippen LogP contribution < -0.4 is 9.84 Å². The van der Waals surface area contributed by atoms with Gasteiger partial charge in [-0.25, -0.2) is 9.97 Å². The first kappa shape index (κ1) is 23.1. The average molecular weight is 479 g/mol. The second-order valence-corrected chi connectivity index (χ2v) is 7.98. The number of alkyl halides is 3. The van der Waals surface area contributed by atoms with Crippen LogP contribution in [0.1, 0.15) is 16.1 Å². The Labute approximate surface area is 190 Å². The molecule has 0 bridgehead atoms. The van der Waals surface area contributed by atoms with Crippen molar-refractivity contribution in [3.8, 4) is 27.6 Å². The molecule has 33 heavy (non-hydrogen) atoms. The SMILES string of the molecule is O=C([O-])c1cnc(OCCN2CCOCC2)c(-c2cnccc2-c2nc(C(F)(F)F)cs2)c1. The van der Waals surface area contributed by atoms with Gasteiger partial charge in [0.15, 0.2) is 5.69 Å². The minimum Gasteiger partial charge on any atom is -0.545 e. The van der Waals surface area contributed by atoms with Crippen LogP contribution in [0, 0.1) is 0 Å². The number of hydrogen-bond donors (Lipinski definition) is 0. The molecule has 1 fully saturated rings. The van der Waals surface area contributed by atoms with E-state index < -0.39 is 17.8 Å². The Morgan fingerprint density at radius 2 is 2.00 bits per heavy atom. The highest BCUT2D eigenvalue weighted by Gasteiger charge is 2.34. The van der Waals surface area contributed by atoms with Crippen LogP contribution in [0.3, 0.4) is 0 Å². The Balaban J connectivity index is 1.68. The summed E-state index contributed by atoms with van der Waals surface area (Å²) in [6.07, 6.45) is -0.631. The number of rotatable bonds is 7. The summed E-state index contributed by atoms with van der Waals surface area (Å²) in [4.78, 5) is 25.5. The van der Waals surface area contributed by atoms with Crippen LogP contribution in [0.15, 0.2) is 36.1 Å². The van der Waals surface area contributed by atoms with Crippen molar-refractivity contribution in [3.63, 3.8) is 0 Å². The van der Waals surface area contributed by atoms with Crippen LogP contribution in [-0.2, 0) is 10.9 Å². The zero-order chi connectivity index (χ0) is 23.4. The molecule has 174 valence electrons. The van der Waals surface area contributed by atoms with E-state index in [9.17, 15) is 23.1 Å². The summed E-state index contributed by atoms with van der Waals surface area (Å²) < 4.78 is 50.3. The summed E-state index contributed by atoms with van der Waals surface area (Å²) in [7, 11) is 0.